The molecule has 1 aliphatic heterocycles. The van der Waals surface area contributed by atoms with E-state index in [0.717, 1.165) is 0 Å². The van der Waals surface area contributed by atoms with E-state index < -0.39 is 6.04 Å². The lowest BCUT2D eigenvalue weighted by atomic mass is 10.0. The Labute approximate surface area is 106 Å². The molecule has 1 unspecified atom stereocenters. The van der Waals surface area contributed by atoms with Crippen molar-refractivity contribution in [3.8, 4) is 0 Å². The highest BCUT2D eigenvalue weighted by atomic mass is 16.2. The summed E-state index contributed by atoms with van der Waals surface area (Å²) in [6.45, 7) is 4.22. The molecule has 98 valence electrons. The number of anilines is 1. The van der Waals surface area contributed by atoms with Crippen molar-refractivity contribution in [1.29, 1.82) is 0 Å². The van der Waals surface area contributed by atoms with Crippen LogP contribution in [0.25, 0.3) is 0 Å². The van der Waals surface area contributed by atoms with Crippen molar-refractivity contribution in [3.05, 3.63) is 12.3 Å². The van der Waals surface area contributed by atoms with E-state index in [-0.39, 0.29) is 17.7 Å². The van der Waals surface area contributed by atoms with Gasteiger partial charge in [-0.2, -0.15) is 5.10 Å². The van der Waals surface area contributed by atoms with Crippen molar-refractivity contribution in [2.24, 2.45) is 13.0 Å². The van der Waals surface area contributed by atoms with E-state index in [4.69, 9.17) is 0 Å². The van der Waals surface area contributed by atoms with Gasteiger partial charge in [0.05, 0.1) is 0 Å². The molecule has 0 saturated carbocycles. The number of rotatable bonds is 2. The molecule has 6 nitrogen and oxygen atoms in total. The van der Waals surface area contributed by atoms with Crippen molar-refractivity contribution < 1.29 is 9.59 Å². The molecule has 0 spiro atoms. The van der Waals surface area contributed by atoms with Crippen molar-refractivity contribution in [2.75, 3.05) is 11.4 Å². The van der Waals surface area contributed by atoms with Crippen LogP contribution in [0.15, 0.2) is 12.3 Å². The van der Waals surface area contributed by atoms with Crippen LogP contribution >= 0.6 is 0 Å². The SMILES string of the molecule is CC(C)C1NC(=O)CCN(c2ccn(C)n2)C1=O. The first-order valence-electron chi connectivity index (χ1n) is 6.09. The molecule has 1 aromatic heterocycles. The topological polar surface area (TPSA) is 67.2 Å². The van der Waals surface area contributed by atoms with Crippen molar-refractivity contribution in [2.45, 2.75) is 26.3 Å². The van der Waals surface area contributed by atoms with E-state index in [1.165, 1.54) is 0 Å². The zero-order valence-electron chi connectivity index (χ0n) is 10.9. The van der Waals surface area contributed by atoms with Gasteiger partial charge in [-0.3, -0.25) is 19.2 Å². The highest BCUT2D eigenvalue weighted by molar-refractivity contribution is 6.00. The second kappa shape index (κ2) is 4.80. The van der Waals surface area contributed by atoms with Crippen LogP contribution in [-0.4, -0.2) is 34.2 Å². The lowest BCUT2D eigenvalue weighted by Gasteiger charge is -2.24. The van der Waals surface area contributed by atoms with E-state index in [1.54, 1.807) is 28.9 Å². The highest BCUT2D eigenvalue weighted by Gasteiger charge is 2.33. The fraction of sp³-hybridized carbons (Fsp3) is 0.583. The van der Waals surface area contributed by atoms with E-state index in [9.17, 15) is 9.59 Å². The zero-order valence-corrected chi connectivity index (χ0v) is 10.9. The van der Waals surface area contributed by atoms with Crippen molar-refractivity contribution in [1.82, 2.24) is 15.1 Å². The van der Waals surface area contributed by atoms with E-state index in [1.807, 2.05) is 13.8 Å². The summed E-state index contributed by atoms with van der Waals surface area (Å²) >= 11 is 0. The standard InChI is InChI=1S/C12H18N4O2/c1-8(2)11-12(18)16(7-5-10(17)13-11)9-4-6-15(3)14-9/h4,6,8,11H,5,7H2,1-3H3,(H,13,17). The maximum Gasteiger partial charge on any atom is 0.251 e. The summed E-state index contributed by atoms with van der Waals surface area (Å²) in [5, 5.41) is 7.00. The molecular weight excluding hydrogens is 232 g/mol. The van der Waals surface area contributed by atoms with Gasteiger partial charge in [0.1, 0.15) is 6.04 Å². The molecule has 1 saturated heterocycles. The Bertz CT molecular complexity index is 466. The first-order chi connectivity index (χ1) is 8.49. The molecule has 6 heteroatoms. The van der Waals surface area contributed by atoms with Gasteiger partial charge < -0.3 is 5.32 Å². The third-order valence-corrected chi connectivity index (χ3v) is 3.05. The van der Waals surface area contributed by atoms with E-state index in [2.05, 4.69) is 10.4 Å². The Morgan fingerprint density at radius 1 is 1.44 bits per heavy atom. The number of nitrogens with zero attached hydrogens (tertiary/aromatic N) is 3. The molecule has 1 N–H and O–H groups in total. The van der Waals surface area contributed by atoms with Crippen LogP contribution in [0.1, 0.15) is 20.3 Å². The fourth-order valence-electron chi connectivity index (χ4n) is 2.02. The van der Waals surface area contributed by atoms with Crippen LogP contribution in [0.5, 0.6) is 0 Å². The molecule has 2 heterocycles. The van der Waals surface area contributed by atoms with Gasteiger partial charge in [0, 0.05) is 32.3 Å². The second-order valence-electron chi connectivity index (χ2n) is 4.88. The van der Waals surface area contributed by atoms with Crippen molar-refractivity contribution >= 4 is 17.6 Å². The van der Waals surface area contributed by atoms with Gasteiger partial charge in [-0.1, -0.05) is 13.8 Å². The molecule has 2 rings (SSSR count). The summed E-state index contributed by atoms with van der Waals surface area (Å²) in [6, 6.07) is 1.31. The minimum absolute atomic E-state index is 0.0609. The Balaban J connectivity index is 2.29. The Morgan fingerprint density at radius 3 is 2.72 bits per heavy atom. The highest BCUT2D eigenvalue weighted by Crippen LogP contribution is 2.17. The number of hydrogen-bond donors (Lipinski definition) is 1. The monoisotopic (exact) mass is 250 g/mol. The maximum atomic E-state index is 12.4. The third kappa shape index (κ3) is 2.37. The Kier molecular flexibility index (Phi) is 3.36. The van der Waals surface area contributed by atoms with Crippen LogP contribution in [-0.2, 0) is 16.6 Å². The van der Waals surface area contributed by atoms with Gasteiger partial charge in [-0.25, -0.2) is 0 Å². The van der Waals surface area contributed by atoms with Gasteiger partial charge in [0.2, 0.25) is 5.91 Å². The first kappa shape index (κ1) is 12.6. The molecule has 1 aromatic rings. The predicted molar refractivity (Wildman–Crippen MR) is 66.9 cm³/mol. The molecule has 0 bridgehead atoms. The minimum Gasteiger partial charge on any atom is -0.344 e. The van der Waals surface area contributed by atoms with E-state index >= 15 is 0 Å². The zero-order chi connectivity index (χ0) is 13.3. The number of aryl methyl sites for hydroxylation is 1. The number of aromatic nitrogens is 2. The molecule has 0 radical (unpaired) electrons. The third-order valence-electron chi connectivity index (χ3n) is 3.05. The number of nitrogens with one attached hydrogen (secondary N) is 1. The molecular formula is C12H18N4O2. The molecule has 1 atom stereocenters. The fourth-order valence-corrected chi connectivity index (χ4v) is 2.02. The van der Waals surface area contributed by atoms with Gasteiger partial charge in [-0.05, 0) is 5.92 Å². The summed E-state index contributed by atoms with van der Waals surface area (Å²) in [5.74, 6) is 0.491. The second-order valence-corrected chi connectivity index (χ2v) is 4.88. The summed E-state index contributed by atoms with van der Waals surface area (Å²) in [4.78, 5) is 25.6. The molecule has 18 heavy (non-hydrogen) atoms. The minimum atomic E-state index is -0.470. The number of carbonyl (C=O) groups is 2. The first-order valence-corrected chi connectivity index (χ1v) is 6.09. The quantitative estimate of drug-likeness (QED) is 0.820. The lowest BCUT2D eigenvalue weighted by Crippen LogP contribution is -2.48. The average Bonchev–Trinajstić information content (AvgIpc) is 2.65. The predicted octanol–water partition coefficient (Wildman–Crippen LogP) is 0.298. The normalized spacial score (nSPS) is 21.1. The number of amides is 2. The van der Waals surface area contributed by atoms with Crippen molar-refractivity contribution in [3.63, 3.8) is 0 Å². The number of hydrogen-bond acceptors (Lipinski definition) is 3. The smallest absolute Gasteiger partial charge is 0.251 e. The maximum absolute atomic E-state index is 12.4. The lowest BCUT2D eigenvalue weighted by molar-refractivity contribution is -0.126. The molecule has 0 aromatic carbocycles. The summed E-state index contributed by atoms with van der Waals surface area (Å²) in [6.07, 6.45) is 2.10. The van der Waals surface area contributed by atoms with Gasteiger partial charge in [0.25, 0.3) is 5.91 Å². The average molecular weight is 250 g/mol. The van der Waals surface area contributed by atoms with Crippen LogP contribution in [0.2, 0.25) is 0 Å². The summed E-state index contributed by atoms with van der Waals surface area (Å²) in [5.41, 5.74) is 0. The summed E-state index contributed by atoms with van der Waals surface area (Å²) < 4.78 is 1.65. The van der Waals surface area contributed by atoms with Gasteiger partial charge in [0.15, 0.2) is 5.82 Å². The molecule has 1 aliphatic rings. The molecule has 2 amide bonds. The van der Waals surface area contributed by atoms with E-state index in [0.29, 0.717) is 18.8 Å². The van der Waals surface area contributed by atoms with Crippen LogP contribution in [0, 0.1) is 5.92 Å². The molecule has 1 fully saturated rings. The Hall–Kier alpha value is -1.85. The number of carbonyl (C=O) groups excluding carboxylic acids is 2. The van der Waals surface area contributed by atoms with Crippen LogP contribution < -0.4 is 10.2 Å². The van der Waals surface area contributed by atoms with Crippen LogP contribution in [0.4, 0.5) is 5.82 Å². The largest absolute Gasteiger partial charge is 0.344 e. The Morgan fingerprint density at radius 2 is 2.17 bits per heavy atom. The van der Waals surface area contributed by atoms with Gasteiger partial charge in [-0.15, -0.1) is 0 Å². The van der Waals surface area contributed by atoms with Gasteiger partial charge >= 0.3 is 0 Å². The summed E-state index contributed by atoms with van der Waals surface area (Å²) in [7, 11) is 1.80. The molecule has 0 aliphatic carbocycles. The van der Waals surface area contributed by atoms with Crippen LogP contribution in [0.3, 0.4) is 0 Å².